The average molecular weight is 382 g/mol. The van der Waals surface area contributed by atoms with Crippen molar-refractivity contribution in [2.75, 3.05) is 5.32 Å². The second-order valence-electron chi connectivity index (χ2n) is 5.78. The number of fused-ring (bicyclic) bond motifs is 3. The maximum atomic E-state index is 13.4. The molecule has 1 N–H and O–H groups in total. The lowest BCUT2D eigenvalue weighted by molar-refractivity contribution is 0.102. The van der Waals surface area contributed by atoms with Gasteiger partial charge in [-0.25, -0.2) is 4.39 Å². The normalized spacial score (nSPS) is 11.8. The summed E-state index contributed by atoms with van der Waals surface area (Å²) in [4.78, 5) is 12.4. The minimum Gasteiger partial charge on any atom is -0.322 e. The van der Waals surface area contributed by atoms with Crippen molar-refractivity contribution in [3.05, 3.63) is 87.6 Å². The van der Waals surface area contributed by atoms with Gasteiger partial charge in [0.1, 0.15) is 5.82 Å². The van der Waals surface area contributed by atoms with Crippen molar-refractivity contribution in [3.8, 4) is 11.1 Å². The van der Waals surface area contributed by atoms with Gasteiger partial charge in [0, 0.05) is 10.2 Å². The fourth-order valence-corrected chi connectivity index (χ4v) is 3.50. The molecule has 118 valence electrons. The van der Waals surface area contributed by atoms with Gasteiger partial charge in [0.25, 0.3) is 5.91 Å². The van der Waals surface area contributed by atoms with Gasteiger partial charge in [-0.1, -0.05) is 30.3 Å². The smallest absolute Gasteiger partial charge is 0.256 e. The molecule has 0 saturated carbocycles. The van der Waals surface area contributed by atoms with Crippen LogP contribution in [0.3, 0.4) is 0 Å². The Morgan fingerprint density at radius 3 is 2.62 bits per heavy atom. The number of anilines is 1. The van der Waals surface area contributed by atoms with Gasteiger partial charge in [0.15, 0.2) is 0 Å². The third-order valence-electron chi connectivity index (χ3n) is 4.23. The maximum Gasteiger partial charge on any atom is 0.256 e. The van der Waals surface area contributed by atoms with E-state index < -0.39 is 5.82 Å². The van der Waals surface area contributed by atoms with Crippen molar-refractivity contribution in [2.24, 2.45) is 0 Å². The van der Waals surface area contributed by atoms with E-state index in [9.17, 15) is 9.18 Å². The molecular formula is C20H13BrFNO. The molecule has 0 heterocycles. The van der Waals surface area contributed by atoms with Gasteiger partial charge in [0.2, 0.25) is 0 Å². The second-order valence-corrected chi connectivity index (χ2v) is 6.64. The highest BCUT2D eigenvalue weighted by atomic mass is 79.9. The highest BCUT2D eigenvalue weighted by Crippen LogP contribution is 2.37. The molecule has 2 nitrogen and oxygen atoms in total. The summed E-state index contributed by atoms with van der Waals surface area (Å²) in [6, 6.07) is 18.2. The Labute approximate surface area is 147 Å². The van der Waals surface area contributed by atoms with Gasteiger partial charge in [-0.05, 0) is 74.9 Å². The first-order valence-electron chi connectivity index (χ1n) is 7.59. The lowest BCUT2D eigenvalue weighted by Gasteiger charge is -2.09. The molecule has 0 unspecified atom stereocenters. The van der Waals surface area contributed by atoms with E-state index in [0.717, 1.165) is 12.0 Å². The lowest BCUT2D eigenvalue weighted by Crippen LogP contribution is -2.13. The third kappa shape index (κ3) is 2.63. The van der Waals surface area contributed by atoms with Gasteiger partial charge in [-0.15, -0.1) is 0 Å². The summed E-state index contributed by atoms with van der Waals surface area (Å²) in [6.45, 7) is 0. The molecule has 1 aliphatic carbocycles. The number of nitrogens with one attached hydrogen (secondary N) is 1. The standard InChI is InChI=1S/C20H13BrFNO/c21-19-8-6-14(22)10-18(19)20(24)23-15-7-5-13-9-12-3-1-2-4-16(12)17(13)11-15/h1-8,10-11H,9H2,(H,23,24). The van der Waals surface area contributed by atoms with Crippen LogP contribution < -0.4 is 5.32 Å². The van der Waals surface area contributed by atoms with Crippen LogP contribution >= 0.6 is 15.9 Å². The molecule has 0 spiro atoms. The predicted octanol–water partition coefficient (Wildman–Crippen LogP) is 5.41. The van der Waals surface area contributed by atoms with Crippen LogP contribution in [0, 0.1) is 5.82 Å². The molecule has 0 aliphatic heterocycles. The fraction of sp³-hybridized carbons (Fsp3) is 0.0500. The number of amides is 1. The number of carbonyl (C=O) groups excluding carboxylic acids is 1. The fourth-order valence-electron chi connectivity index (χ4n) is 3.07. The first-order chi connectivity index (χ1) is 11.6. The first kappa shape index (κ1) is 15.1. The Morgan fingerprint density at radius 2 is 1.75 bits per heavy atom. The number of rotatable bonds is 2. The Kier molecular flexibility index (Phi) is 3.69. The molecule has 1 aliphatic rings. The van der Waals surface area contributed by atoms with E-state index in [1.807, 2.05) is 30.3 Å². The number of hydrogen-bond donors (Lipinski definition) is 1. The molecule has 1 amide bonds. The zero-order valence-corrected chi connectivity index (χ0v) is 14.2. The second kappa shape index (κ2) is 5.87. The summed E-state index contributed by atoms with van der Waals surface area (Å²) in [5.41, 5.74) is 5.87. The van der Waals surface area contributed by atoms with Crippen LogP contribution in [0.2, 0.25) is 0 Å². The molecule has 0 bridgehead atoms. The van der Waals surface area contributed by atoms with E-state index in [0.29, 0.717) is 10.2 Å². The minimum atomic E-state index is -0.439. The van der Waals surface area contributed by atoms with E-state index in [2.05, 4.69) is 33.4 Å². The van der Waals surface area contributed by atoms with E-state index in [1.54, 1.807) is 0 Å². The van der Waals surface area contributed by atoms with Crippen molar-refractivity contribution in [1.82, 2.24) is 0 Å². The van der Waals surface area contributed by atoms with Crippen LogP contribution in [0.5, 0.6) is 0 Å². The topological polar surface area (TPSA) is 29.1 Å². The molecule has 0 fully saturated rings. The quantitative estimate of drug-likeness (QED) is 0.493. The van der Waals surface area contributed by atoms with Crippen LogP contribution in [0.4, 0.5) is 10.1 Å². The molecule has 3 aromatic rings. The van der Waals surface area contributed by atoms with Crippen LogP contribution in [-0.4, -0.2) is 5.91 Å². The summed E-state index contributed by atoms with van der Waals surface area (Å²) in [5.74, 6) is -0.779. The molecule has 24 heavy (non-hydrogen) atoms. The van der Waals surface area contributed by atoms with E-state index in [1.165, 1.54) is 34.9 Å². The molecule has 0 atom stereocenters. The molecule has 4 rings (SSSR count). The summed E-state index contributed by atoms with van der Waals surface area (Å²) in [7, 11) is 0. The number of halogens is 2. The van der Waals surface area contributed by atoms with Crippen molar-refractivity contribution in [1.29, 1.82) is 0 Å². The minimum absolute atomic E-state index is 0.274. The van der Waals surface area contributed by atoms with Crippen LogP contribution in [0.25, 0.3) is 11.1 Å². The van der Waals surface area contributed by atoms with Crippen LogP contribution in [0.1, 0.15) is 21.5 Å². The van der Waals surface area contributed by atoms with Crippen molar-refractivity contribution in [3.63, 3.8) is 0 Å². The SMILES string of the molecule is O=C(Nc1ccc2c(c1)-c1ccccc1C2)c1cc(F)ccc1Br. The molecule has 0 radical (unpaired) electrons. The molecular weight excluding hydrogens is 369 g/mol. The van der Waals surface area contributed by atoms with Gasteiger partial charge < -0.3 is 5.32 Å². The van der Waals surface area contributed by atoms with Crippen molar-refractivity contribution < 1.29 is 9.18 Å². The van der Waals surface area contributed by atoms with E-state index in [-0.39, 0.29) is 11.5 Å². The van der Waals surface area contributed by atoms with Crippen LogP contribution in [-0.2, 0) is 6.42 Å². The number of carbonyl (C=O) groups is 1. The predicted molar refractivity (Wildman–Crippen MR) is 96.7 cm³/mol. The molecule has 0 saturated heterocycles. The number of hydrogen-bond acceptors (Lipinski definition) is 1. The highest BCUT2D eigenvalue weighted by Gasteiger charge is 2.19. The zero-order valence-electron chi connectivity index (χ0n) is 12.6. The Hall–Kier alpha value is -2.46. The summed E-state index contributed by atoms with van der Waals surface area (Å²) in [5, 5.41) is 2.85. The van der Waals surface area contributed by atoms with E-state index in [4.69, 9.17) is 0 Å². The van der Waals surface area contributed by atoms with Gasteiger partial charge in [-0.3, -0.25) is 4.79 Å². The van der Waals surface area contributed by atoms with Gasteiger partial charge in [-0.2, -0.15) is 0 Å². The molecule has 3 aromatic carbocycles. The molecule has 4 heteroatoms. The monoisotopic (exact) mass is 381 g/mol. The average Bonchev–Trinajstić information content (AvgIpc) is 2.95. The maximum absolute atomic E-state index is 13.4. The van der Waals surface area contributed by atoms with Gasteiger partial charge in [0.05, 0.1) is 5.56 Å². The van der Waals surface area contributed by atoms with Gasteiger partial charge >= 0.3 is 0 Å². The highest BCUT2D eigenvalue weighted by molar-refractivity contribution is 9.10. The third-order valence-corrected chi connectivity index (χ3v) is 4.92. The molecule has 0 aromatic heterocycles. The Bertz CT molecular complexity index is 968. The first-order valence-corrected chi connectivity index (χ1v) is 8.39. The summed E-state index contributed by atoms with van der Waals surface area (Å²) < 4.78 is 14.0. The Balaban J connectivity index is 1.66. The van der Waals surface area contributed by atoms with Crippen molar-refractivity contribution in [2.45, 2.75) is 6.42 Å². The lowest BCUT2D eigenvalue weighted by atomic mass is 10.1. The summed E-state index contributed by atoms with van der Waals surface area (Å²) in [6.07, 6.45) is 0.912. The van der Waals surface area contributed by atoms with Crippen LogP contribution in [0.15, 0.2) is 65.1 Å². The largest absolute Gasteiger partial charge is 0.322 e. The number of benzene rings is 3. The Morgan fingerprint density at radius 1 is 0.958 bits per heavy atom. The zero-order chi connectivity index (χ0) is 16.7. The van der Waals surface area contributed by atoms with E-state index >= 15 is 0 Å². The summed E-state index contributed by atoms with van der Waals surface area (Å²) >= 11 is 3.29. The van der Waals surface area contributed by atoms with Crippen molar-refractivity contribution >= 4 is 27.5 Å².